The number of pyridine rings is 3. The molecule has 0 radical (unpaired) electrons. The van der Waals surface area contributed by atoms with Crippen LogP contribution in [0.1, 0.15) is 0 Å². The van der Waals surface area contributed by atoms with Gasteiger partial charge in [-0.15, -0.1) is 0 Å². The van der Waals surface area contributed by atoms with Crippen LogP contribution in [0, 0.1) is 0 Å². The lowest BCUT2D eigenvalue weighted by Crippen LogP contribution is -2.09. The van der Waals surface area contributed by atoms with E-state index in [0.717, 1.165) is 83.1 Å². The van der Waals surface area contributed by atoms with Gasteiger partial charge in [-0.05, 0) is 65.4 Å². The van der Waals surface area contributed by atoms with E-state index in [0.29, 0.717) is 0 Å². The van der Waals surface area contributed by atoms with Crippen LogP contribution in [0.2, 0.25) is 0 Å². The minimum absolute atomic E-state index is 0.912. The second-order valence-corrected chi connectivity index (χ2v) is 12.8. The lowest BCUT2D eigenvalue weighted by atomic mass is 9.91. The molecule has 3 heterocycles. The van der Waals surface area contributed by atoms with Crippen molar-refractivity contribution in [1.82, 2.24) is 15.0 Å². The number of benzene rings is 7. The second kappa shape index (κ2) is 11.9. The van der Waals surface area contributed by atoms with Crippen molar-refractivity contribution < 1.29 is 0 Å². The number of para-hydroxylation sites is 3. The average Bonchev–Trinajstić information content (AvgIpc) is 3.21. The highest BCUT2D eigenvalue weighted by Crippen LogP contribution is 2.42. The average molecular weight is 651 g/mol. The predicted molar refractivity (Wildman–Crippen MR) is 213 cm³/mol. The van der Waals surface area contributed by atoms with E-state index in [2.05, 4.69) is 175 Å². The normalized spacial score (nSPS) is 11.5. The van der Waals surface area contributed by atoms with E-state index in [1.54, 1.807) is 0 Å². The summed E-state index contributed by atoms with van der Waals surface area (Å²) in [7, 11) is 0. The van der Waals surface area contributed by atoms with Gasteiger partial charge < -0.3 is 4.90 Å². The van der Waals surface area contributed by atoms with E-state index in [9.17, 15) is 0 Å². The molecule has 4 heteroatoms. The number of rotatable bonds is 5. The molecular weight excluding hydrogens is 621 g/mol. The van der Waals surface area contributed by atoms with Gasteiger partial charge in [0.15, 0.2) is 0 Å². The van der Waals surface area contributed by atoms with Crippen molar-refractivity contribution >= 4 is 71.3 Å². The van der Waals surface area contributed by atoms with Crippen molar-refractivity contribution in [1.29, 1.82) is 0 Å². The summed E-state index contributed by atoms with van der Waals surface area (Å²) in [5, 5.41) is 7.91. The molecule has 0 aliphatic heterocycles. The molecule has 0 atom stereocenters. The molecule has 0 saturated heterocycles. The molecule has 0 aliphatic rings. The van der Waals surface area contributed by atoms with E-state index in [-0.39, 0.29) is 0 Å². The lowest BCUT2D eigenvalue weighted by molar-refractivity contribution is 1.28. The number of hydrogen-bond acceptors (Lipinski definition) is 4. The second-order valence-electron chi connectivity index (χ2n) is 12.8. The van der Waals surface area contributed by atoms with E-state index >= 15 is 0 Å². The van der Waals surface area contributed by atoms with Gasteiger partial charge >= 0.3 is 0 Å². The molecule has 51 heavy (non-hydrogen) atoms. The molecule has 0 bridgehead atoms. The van der Waals surface area contributed by atoms with Crippen molar-refractivity contribution in [2.45, 2.75) is 0 Å². The molecule has 0 spiro atoms. The lowest BCUT2D eigenvalue weighted by Gasteiger charge is -2.25. The summed E-state index contributed by atoms with van der Waals surface area (Å²) >= 11 is 0. The molecule has 0 N–H and O–H groups in total. The van der Waals surface area contributed by atoms with E-state index in [4.69, 9.17) is 15.0 Å². The van der Waals surface area contributed by atoms with Crippen molar-refractivity contribution in [3.8, 4) is 22.5 Å². The fourth-order valence-electron chi connectivity index (χ4n) is 7.50. The molecule has 238 valence electrons. The molecule has 3 aromatic heterocycles. The Morgan fingerprint density at radius 1 is 0.392 bits per heavy atom. The van der Waals surface area contributed by atoms with Crippen LogP contribution in [0.4, 0.5) is 17.1 Å². The summed E-state index contributed by atoms with van der Waals surface area (Å²) in [6, 6.07) is 61.9. The summed E-state index contributed by atoms with van der Waals surface area (Å²) in [4.78, 5) is 17.6. The van der Waals surface area contributed by atoms with Crippen molar-refractivity contribution in [3.05, 3.63) is 182 Å². The number of aromatic nitrogens is 3. The van der Waals surface area contributed by atoms with Gasteiger partial charge in [-0.1, -0.05) is 121 Å². The Balaban J connectivity index is 1.19. The van der Waals surface area contributed by atoms with Gasteiger partial charge in [0.05, 0.1) is 27.9 Å². The summed E-state index contributed by atoms with van der Waals surface area (Å²) in [5.74, 6) is 0. The Morgan fingerprint density at radius 2 is 1.04 bits per heavy atom. The van der Waals surface area contributed by atoms with E-state index in [1.807, 2.05) is 12.3 Å². The van der Waals surface area contributed by atoms with Crippen LogP contribution in [-0.4, -0.2) is 15.0 Å². The Kier molecular flexibility index (Phi) is 6.78. The number of nitrogens with zero attached hydrogens (tertiary/aromatic N) is 4. The van der Waals surface area contributed by atoms with Crippen molar-refractivity contribution in [2.75, 3.05) is 4.90 Å². The molecule has 0 fully saturated rings. The minimum Gasteiger partial charge on any atom is -0.311 e. The Hall–Kier alpha value is -6.91. The molecule has 0 amide bonds. The van der Waals surface area contributed by atoms with E-state index < -0.39 is 0 Å². The van der Waals surface area contributed by atoms with Crippen LogP contribution in [0.15, 0.2) is 182 Å². The Labute approximate surface area is 294 Å². The molecule has 10 rings (SSSR count). The third-order valence-electron chi connectivity index (χ3n) is 9.84. The first kappa shape index (κ1) is 29.0. The Morgan fingerprint density at radius 3 is 1.82 bits per heavy atom. The summed E-state index contributed by atoms with van der Waals surface area (Å²) in [6.07, 6.45) is 1.84. The highest BCUT2D eigenvalue weighted by Gasteiger charge is 2.18. The SMILES string of the molecule is c1ccc(N(c2ccccc2)c2ccc(-c3nc4ccccc4c4c3ccc3cccc(-c5ccc6ccc7cccnc7c6n5)c34)cc2)cc1. The molecule has 0 saturated carbocycles. The fourth-order valence-corrected chi connectivity index (χ4v) is 7.50. The maximum atomic E-state index is 5.31. The first-order valence-electron chi connectivity index (χ1n) is 17.2. The van der Waals surface area contributed by atoms with Gasteiger partial charge in [0.25, 0.3) is 0 Å². The van der Waals surface area contributed by atoms with Gasteiger partial charge in [-0.25, -0.2) is 9.97 Å². The number of anilines is 3. The molecule has 4 nitrogen and oxygen atoms in total. The predicted octanol–water partition coefficient (Wildman–Crippen LogP) is 12.4. The molecule has 0 aliphatic carbocycles. The molecular formula is C47H30N4. The van der Waals surface area contributed by atoms with Gasteiger partial charge in [-0.3, -0.25) is 4.98 Å². The van der Waals surface area contributed by atoms with Crippen molar-refractivity contribution in [3.63, 3.8) is 0 Å². The topological polar surface area (TPSA) is 41.9 Å². The highest BCUT2D eigenvalue weighted by molar-refractivity contribution is 6.25. The van der Waals surface area contributed by atoms with Gasteiger partial charge in [0, 0.05) is 61.3 Å². The molecule has 0 unspecified atom stereocenters. The largest absolute Gasteiger partial charge is 0.311 e. The van der Waals surface area contributed by atoms with Gasteiger partial charge in [0.1, 0.15) is 0 Å². The Bertz CT molecular complexity index is 2860. The first-order chi connectivity index (χ1) is 25.3. The number of hydrogen-bond donors (Lipinski definition) is 0. The van der Waals surface area contributed by atoms with Crippen LogP contribution in [0.3, 0.4) is 0 Å². The van der Waals surface area contributed by atoms with Crippen LogP contribution in [0.25, 0.3) is 76.8 Å². The summed E-state index contributed by atoms with van der Waals surface area (Å²) in [6.45, 7) is 0. The van der Waals surface area contributed by atoms with Crippen LogP contribution in [0.5, 0.6) is 0 Å². The van der Waals surface area contributed by atoms with Crippen LogP contribution < -0.4 is 4.90 Å². The maximum Gasteiger partial charge on any atom is 0.0972 e. The van der Waals surface area contributed by atoms with Gasteiger partial charge in [0.2, 0.25) is 0 Å². The van der Waals surface area contributed by atoms with E-state index in [1.165, 1.54) is 10.8 Å². The first-order valence-corrected chi connectivity index (χ1v) is 17.2. The molecule has 7 aromatic carbocycles. The summed E-state index contributed by atoms with van der Waals surface area (Å²) in [5.41, 5.74) is 10.1. The zero-order valence-corrected chi connectivity index (χ0v) is 27.6. The smallest absolute Gasteiger partial charge is 0.0972 e. The fraction of sp³-hybridized carbons (Fsp3) is 0. The quantitative estimate of drug-likeness (QED) is 0.174. The number of fused-ring (bicyclic) bond motifs is 8. The third kappa shape index (κ3) is 4.88. The summed E-state index contributed by atoms with van der Waals surface area (Å²) < 4.78 is 0. The minimum atomic E-state index is 0.912. The molecule has 10 aromatic rings. The zero-order chi connectivity index (χ0) is 33.7. The van der Waals surface area contributed by atoms with Crippen LogP contribution >= 0.6 is 0 Å². The zero-order valence-electron chi connectivity index (χ0n) is 27.6. The third-order valence-corrected chi connectivity index (χ3v) is 9.84. The highest BCUT2D eigenvalue weighted by atomic mass is 15.1. The van der Waals surface area contributed by atoms with Crippen molar-refractivity contribution in [2.24, 2.45) is 0 Å². The standard InChI is InChI=1S/C47H30N4/c1-3-13-35(14-4-1)51(36-15-5-2-6-16-36)37-26-22-33(23-27-37)45-40-28-24-31-11-9-18-38(43(31)44(40)39-17-7-8-19-41(39)49-45)42-29-25-34-21-20-32-12-10-30-48-46(32)47(34)50-42/h1-30H. The monoisotopic (exact) mass is 650 g/mol. The van der Waals surface area contributed by atoms with Crippen LogP contribution in [-0.2, 0) is 0 Å². The van der Waals surface area contributed by atoms with Gasteiger partial charge in [-0.2, -0.15) is 0 Å². The maximum absolute atomic E-state index is 5.31.